The van der Waals surface area contributed by atoms with E-state index in [4.69, 9.17) is 15.5 Å². The molecule has 1 aromatic carbocycles. The Kier molecular flexibility index (Phi) is 5.27. The molecule has 0 amide bonds. The van der Waals surface area contributed by atoms with Crippen molar-refractivity contribution in [3.63, 3.8) is 0 Å². The molecule has 9 heteroatoms. The third-order valence-electron chi connectivity index (χ3n) is 3.21. The van der Waals surface area contributed by atoms with Crippen molar-refractivity contribution in [2.45, 2.75) is 31.7 Å². The van der Waals surface area contributed by atoms with Crippen LogP contribution in [0.5, 0.6) is 0 Å². The Morgan fingerprint density at radius 2 is 2.04 bits per heavy atom. The lowest BCUT2D eigenvalue weighted by Gasteiger charge is -2.00. The molecule has 1 heterocycles. The highest BCUT2D eigenvalue weighted by Crippen LogP contribution is 2.21. The van der Waals surface area contributed by atoms with Gasteiger partial charge in [0.25, 0.3) is 10.0 Å². The largest absolute Gasteiger partial charge is 0.762 e. The van der Waals surface area contributed by atoms with Gasteiger partial charge in [-0.1, -0.05) is 17.7 Å². The van der Waals surface area contributed by atoms with E-state index in [-0.39, 0.29) is 28.1 Å². The maximum absolute atomic E-state index is 12.5. The molecule has 0 saturated heterocycles. The van der Waals surface area contributed by atoms with E-state index in [2.05, 4.69) is 9.68 Å². The molecule has 0 atom stereocenters. The molecule has 0 bridgehead atoms. The first-order valence-corrected chi connectivity index (χ1v) is 8.70. The predicted octanol–water partition coefficient (Wildman–Crippen LogP) is 2.47. The van der Waals surface area contributed by atoms with Crippen LogP contribution in [0, 0.1) is 18.3 Å². The van der Waals surface area contributed by atoms with Gasteiger partial charge in [0.15, 0.2) is 6.04 Å². The molecule has 0 N–H and O–H groups in total. The van der Waals surface area contributed by atoms with Gasteiger partial charge in [-0.05, 0) is 23.8 Å². The summed E-state index contributed by atoms with van der Waals surface area (Å²) in [4.78, 5) is 5.03. The lowest BCUT2D eigenvalue weighted by Crippen LogP contribution is -2.19. The Labute approximate surface area is 145 Å². The van der Waals surface area contributed by atoms with E-state index >= 15 is 0 Å². The Balaban J connectivity index is 2.53. The summed E-state index contributed by atoms with van der Waals surface area (Å²) in [7, 11) is -4.03. The molecule has 8 nitrogen and oxygen atoms in total. The molecule has 0 spiro atoms. The van der Waals surface area contributed by atoms with E-state index in [9.17, 15) is 8.42 Å². The highest BCUT2D eigenvalue weighted by molar-refractivity contribution is 7.90. The van der Waals surface area contributed by atoms with Crippen LogP contribution >= 0.6 is 0 Å². The number of hydrogen-bond acceptors (Lipinski definition) is 5. The summed E-state index contributed by atoms with van der Waals surface area (Å²) in [6.07, 6.45) is 1.19. The molecule has 0 fully saturated rings. The van der Waals surface area contributed by atoms with Gasteiger partial charge in [0.05, 0.1) is 10.5 Å². The van der Waals surface area contributed by atoms with Crippen molar-refractivity contribution in [1.82, 2.24) is 0 Å². The van der Waals surface area contributed by atoms with Crippen LogP contribution < -0.4 is 0 Å². The first kappa shape index (κ1) is 18.3. The zero-order valence-electron chi connectivity index (χ0n) is 13.8. The zero-order valence-corrected chi connectivity index (χ0v) is 14.6. The minimum atomic E-state index is -4.03. The molecule has 0 aromatic heterocycles. The summed E-state index contributed by atoms with van der Waals surface area (Å²) in [5.74, 6) is 1.42. The van der Waals surface area contributed by atoms with E-state index in [1.807, 2.05) is 6.92 Å². The fourth-order valence-corrected chi connectivity index (χ4v) is 2.86. The van der Waals surface area contributed by atoms with Gasteiger partial charge in [-0.25, -0.2) is 0 Å². The van der Waals surface area contributed by atoms with Gasteiger partial charge in [0.2, 0.25) is 5.28 Å². The predicted molar refractivity (Wildman–Crippen MR) is 90.3 cm³/mol. The van der Waals surface area contributed by atoms with Crippen molar-refractivity contribution in [3.05, 3.63) is 52.6 Å². The third kappa shape index (κ3) is 4.07. The second kappa shape index (κ2) is 7.21. The summed E-state index contributed by atoms with van der Waals surface area (Å²) >= 11 is 0. The van der Waals surface area contributed by atoms with E-state index in [0.717, 1.165) is 5.56 Å². The topological polar surface area (TPSA) is 117 Å². The van der Waals surface area contributed by atoms with Crippen LogP contribution in [0.1, 0.15) is 19.4 Å². The molecule has 1 aliphatic heterocycles. The number of sulfonamides is 1. The first-order chi connectivity index (χ1) is 11.8. The molecule has 2 rings (SSSR count). The van der Waals surface area contributed by atoms with Gasteiger partial charge >= 0.3 is 11.6 Å². The zero-order chi connectivity index (χ0) is 18.6. The molecule has 1 aliphatic rings. The number of allylic oxidation sites excluding steroid dienone is 2. The van der Waals surface area contributed by atoms with Crippen LogP contribution in [-0.2, 0) is 14.9 Å². The Morgan fingerprint density at radius 3 is 2.56 bits per heavy atom. The van der Waals surface area contributed by atoms with Crippen LogP contribution in [0.2, 0.25) is 0 Å². The summed E-state index contributed by atoms with van der Waals surface area (Å²) in [6, 6.07) is 7.70. The quantitative estimate of drug-likeness (QED) is 0.467. The normalized spacial score (nSPS) is 17.2. The van der Waals surface area contributed by atoms with Crippen molar-refractivity contribution in [2.24, 2.45) is 9.68 Å². The molecular weight excluding hydrogens is 342 g/mol. The number of nitrogens with zero attached hydrogens (tertiary/aromatic N) is 5. The molecule has 1 aromatic rings. The molecule has 0 radical (unpaired) electrons. The van der Waals surface area contributed by atoms with Crippen molar-refractivity contribution in [1.29, 1.82) is 5.26 Å². The fraction of sp³-hybridized carbons (Fsp3) is 0.250. The van der Waals surface area contributed by atoms with Crippen molar-refractivity contribution in [3.8, 4) is 6.07 Å². The Hall–Kier alpha value is -3.08. The number of hydrogen-bond donors (Lipinski definition) is 0. The number of benzene rings is 1. The van der Waals surface area contributed by atoms with Crippen LogP contribution in [0.3, 0.4) is 0 Å². The van der Waals surface area contributed by atoms with E-state index < -0.39 is 10.0 Å². The van der Waals surface area contributed by atoms with Gasteiger partial charge < -0.3 is 5.41 Å². The second-order valence-corrected chi connectivity index (χ2v) is 7.07. The third-order valence-corrected chi connectivity index (χ3v) is 4.49. The van der Waals surface area contributed by atoms with E-state index in [1.54, 1.807) is 37.9 Å². The van der Waals surface area contributed by atoms with Crippen molar-refractivity contribution >= 4 is 21.8 Å². The minimum Gasteiger partial charge on any atom is -0.762 e. The van der Waals surface area contributed by atoms with Gasteiger partial charge in [0, 0.05) is 19.9 Å². The molecule has 0 aliphatic carbocycles. The highest BCUT2D eigenvalue weighted by atomic mass is 32.2. The number of rotatable bonds is 4. The summed E-state index contributed by atoms with van der Waals surface area (Å²) in [6.45, 7) is 5.41. The summed E-state index contributed by atoms with van der Waals surface area (Å²) < 4.78 is 29.9. The van der Waals surface area contributed by atoms with Crippen LogP contribution in [0.25, 0.3) is 5.41 Å². The lowest BCUT2D eigenvalue weighted by molar-refractivity contribution is -0.577. The molecule has 0 saturated carbocycles. The SMILES string of the molecule is Cc1ccc(S(=O)(=O)/N=C2\ON=[N+](C(C)C)\C2=C\C(=C=[N-])C#N)cc1. The minimum absolute atomic E-state index is 0.00122. The van der Waals surface area contributed by atoms with Crippen molar-refractivity contribution in [2.75, 3.05) is 0 Å². The molecule has 0 unspecified atom stereocenters. The number of nitriles is 1. The average molecular weight is 357 g/mol. The van der Waals surface area contributed by atoms with Gasteiger partial charge in [-0.2, -0.15) is 13.7 Å². The van der Waals surface area contributed by atoms with Crippen molar-refractivity contribution < 1.29 is 18.0 Å². The second-order valence-electron chi connectivity index (χ2n) is 5.46. The Morgan fingerprint density at radius 1 is 1.40 bits per heavy atom. The average Bonchev–Trinajstić information content (AvgIpc) is 2.95. The van der Waals surface area contributed by atoms with Gasteiger partial charge in [0.1, 0.15) is 6.07 Å². The van der Waals surface area contributed by atoms with E-state index in [0.29, 0.717) is 0 Å². The summed E-state index contributed by atoms with van der Waals surface area (Å²) in [5.41, 5.74) is 0.818. The number of aryl methyl sites for hydroxylation is 1. The van der Waals surface area contributed by atoms with Crippen LogP contribution in [0.4, 0.5) is 0 Å². The van der Waals surface area contributed by atoms with Gasteiger partial charge in [-0.3, -0.25) is 10.7 Å². The molecular formula is C16H15N5O3S. The van der Waals surface area contributed by atoms with Crippen LogP contribution in [-0.4, -0.2) is 30.9 Å². The molecule has 128 valence electrons. The maximum Gasteiger partial charge on any atom is 0.340 e. The monoisotopic (exact) mass is 357 g/mol. The van der Waals surface area contributed by atoms with Gasteiger partial charge in [-0.15, -0.1) is 4.40 Å². The highest BCUT2D eigenvalue weighted by Gasteiger charge is 2.37. The standard InChI is InChI=1S/C16H15N5O3S/c1-11(2)21-15(8-13(9-17)10-18)16(24-20-21)19-25(22,23)14-6-4-12(3)5-7-14/h4-8,11H,1-3H3/b15-8+,19-16-. The fourth-order valence-electron chi connectivity index (χ4n) is 1.93. The van der Waals surface area contributed by atoms with E-state index in [1.165, 1.54) is 22.9 Å². The lowest BCUT2D eigenvalue weighted by atomic mass is 10.2. The van der Waals surface area contributed by atoms with Crippen LogP contribution in [0.15, 0.2) is 56.2 Å². The summed E-state index contributed by atoms with van der Waals surface area (Å²) in [5, 5.41) is 21.6. The Bertz CT molecular complexity index is 974. The molecule has 25 heavy (non-hydrogen) atoms. The smallest absolute Gasteiger partial charge is 0.340 e. The maximum atomic E-state index is 12.5. The first-order valence-electron chi connectivity index (χ1n) is 7.26.